The molecule has 1 aliphatic rings. The Balaban J connectivity index is 1.62. The van der Waals surface area contributed by atoms with Gasteiger partial charge in [0.2, 0.25) is 0 Å². The number of nitrogens with zero attached hydrogens (tertiary/aromatic N) is 1. The van der Waals surface area contributed by atoms with E-state index in [0.717, 1.165) is 37.6 Å². The molecule has 0 unspecified atom stereocenters. The predicted octanol–water partition coefficient (Wildman–Crippen LogP) is 3.76. The number of anilines is 1. The SMILES string of the molecule is COc1ccc(CN2CCC[C@H](Nc3ccc(F)c(F)c3)C2)c(O)c1. The van der Waals surface area contributed by atoms with Crippen molar-refractivity contribution in [2.24, 2.45) is 0 Å². The first-order valence-corrected chi connectivity index (χ1v) is 8.35. The van der Waals surface area contributed by atoms with Gasteiger partial charge in [0.1, 0.15) is 11.5 Å². The molecule has 0 amide bonds. The summed E-state index contributed by atoms with van der Waals surface area (Å²) in [6.07, 6.45) is 1.96. The third kappa shape index (κ3) is 4.39. The summed E-state index contributed by atoms with van der Waals surface area (Å²) in [6, 6.07) is 9.32. The van der Waals surface area contributed by atoms with Gasteiger partial charge in [0.25, 0.3) is 0 Å². The molecule has 3 rings (SSSR count). The third-order valence-corrected chi connectivity index (χ3v) is 4.48. The number of halogens is 2. The van der Waals surface area contributed by atoms with Crippen LogP contribution in [0.15, 0.2) is 36.4 Å². The summed E-state index contributed by atoms with van der Waals surface area (Å²) in [5.41, 5.74) is 1.42. The van der Waals surface area contributed by atoms with Crippen LogP contribution in [0.1, 0.15) is 18.4 Å². The monoisotopic (exact) mass is 348 g/mol. The maximum Gasteiger partial charge on any atom is 0.160 e. The number of phenolic OH excluding ortho intramolecular Hbond substituents is 1. The molecule has 0 radical (unpaired) electrons. The van der Waals surface area contributed by atoms with Crippen LogP contribution in [0, 0.1) is 11.6 Å². The molecule has 2 aromatic rings. The summed E-state index contributed by atoms with van der Waals surface area (Å²) in [7, 11) is 1.56. The van der Waals surface area contributed by atoms with Crippen LogP contribution in [0.2, 0.25) is 0 Å². The Bertz CT molecular complexity index is 739. The molecule has 25 heavy (non-hydrogen) atoms. The minimum Gasteiger partial charge on any atom is -0.507 e. The number of rotatable bonds is 5. The minimum atomic E-state index is -0.846. The Morgan fingerprint density at radius 1 is 1.20 bits per heavy atom. The van der Waals surface area contributed by atoms with Crippen molar-refractivity contribution in [3.05, 3.63) is 53.6 Å². The van der Waals surface area contributed by atoms with Crippen LogP contribution in [0.4, 0.5) is 14.5 Å². The summed E-state index contributed by atoms with van der Waals surface area (Å²) < 4.78 is 31.5. The van der Waals surface area contributed by atoms with Crippen LogP contribution in [0.3, 0.4) is 0 Å². The normalized spacial score (nSPS) is 18.1. The van der Waals surface area contributed by atoms with Crippen LogP contribution >= 0.6 is 0 Å². The van der Waals surface area contributed by atoms with Crippen molar-refractivity contribution in [1.29, 1.82) is 0 Å². The topological polar surface area (TPSA) is 44.7 Å². The molecule has 2 aromatic carbocycles. The van der Waals surface area contributed by atoms with E-state index < -0.39 is 11.6 Å². The highest BCUT2D eigenvalue weighted by Gasteiger charge is 2.21. The Hall–Kier alpha value is -2.34. The number of hydrogen-bond acceptors (Lipinski definition) is 4. The highest BCUT2D eigenvalue weighted by atomic mass is 19.2. The number of benzene rings is 2. The molecule has 0 saturated carbocycles. The van der Waals surface area contributed by atoms with Gasteiger partial charge in [-0.2, -0.15) is 0 Å². The fourth-order valence-corrected chi connectivity index (χ4v) is 3.18. The number of methoxy groups -OCH3 is 1. The minimum absolute atomic E-state index is 0.152. The number of piperidine rings is 1. The standard InChI is InChI=1S/C19H22F2N2O2/c1-25-16-6-4-13(19(24)10-16)11-23-8-2-3-15(12-23)22-14-5-7-17(20)18(21)9-14/h4-7,9-10,15,22,24H,2-3,8,11-12H2,1H3/t15-/m0/s1. The van der Waals surface area contributed by atoms with Crippen molar-refractivity contribution < 1.29 is 18.6 Å². The number of hydrogen-bond donors (Lipinski definition) is 2. The molecule has 0 bridgehead atoms. The van der Waals surface area contributed by atoms with E-state index in [0.29, 0.717) is 18.0 Å². The Kier molecular flexibility index (Phi) is 5.38. The molecule has 1 aliphatic heterocycles. The zero-order valence-electron chi connectivity index (χ0n) is 14.1. The first-order chi connectivity index (χ1) is 12.0. The number of ether oxygens (including phenoxy) is 1. The lowest BCUT2D eigenvalue weighted by molar-refractivity contribution is 0.206. The zero-order valence-corrected chi connectivity index (χ0v) is 14.1. The Labute approximate surface area is 146 Å². The van der Waals surface area contributed by atoms with Crippen molar-refractivity contribution >= 4 is 5.69 Å². The third-order valence-electron chi connectivity index (χ3n) is 4.48. The number of phenols is 1. The van der Waals surface area contributed by atoms with E-state index in [1.165, 1.54) is 6.07 Å². The van der Waals surface area contributed by atoms with E-state index in [4.69, 9.17) is 4.74 Å². The molecule has 0 aromatic heterocycles. The van der Waals surface area contributed by atoms with Crippen LogP contribution in [-0.4, -0.2) is 36.2 Å². The van der Waals surface area contributed by atoms with Gasteiger partial charge < -0.3 is 15.2 Å². The lowest BCUT2D eigenvalue weighted by Gasteiger charge is -2.33. The maximum absolute atomic E-state index is 13.3. The summed E-state index contributed by atoms with van der Waals surface area (Å²) in [6.45, 7) is 2.33. The fraction of sp³-hybridized carbons (Fsp3) is 0.368. The number of nitrogens with one attached hydrogen (secondary N) is 1. The van der Waals surface area contributed by atoms with Gasteiger partial charge in [-0.1, -0.05) is 6.07 Å². The molecule has 0 spiro atoms. The van der Waals surface area contributed by atoms with Crippen molar-refractivity contribution in [3.63, 3.8) is 0 Å². The number of likely N-dealkylation sites (tertiary alicyclic amines) is 1. The summed E-state index contributed by atoms with van der Waals surface area (Å²) >= 11 is 0. The van der Waals surface area contributed by atoms with Gasteiger partial charge in [0, 0.05) is 42.5 Å². The molecule has 6 heteroatoms. The molecule has 0 aliphatic carbocycles. The summed E-state index contributed by atoms with van der Waals surface area (Å²) in [5.74, 6) is -0.848. The average molecular weight is 348 g/mol. The van der Waals surface area contributed by atoms with E-state index in [-0.39, 0.29) is 11.8 Å². The smallest absolute Gasteiger partial charge is 0.160 e. The second-order valence-electron chi connectivity index (χ2n) is 6.34. The van der Waals surface area contributed by atoms with Crippen molar-refractivity contribution in [1.82, 2.24) is 4.90 Å². The summed E-state index contributed by atoms with van der Waals surface area (Å²) in [5, 5.41) is 13.4. The fourth-order valence-electron chi connectivity index (χ4n) is 3.18. The molecular weight excluding hydrogens is 326 g/mol. The second-order valence-corrected chi connectivity index (χ2v) is 6.34. The van der Waals surface area contributed by atoms with Gasteiger partial charge in [-0.3, -0.25) is 4.90 Å². The van der Waals surface area contributed by atoms with Gasteiger partial charge in [-0.15, -0.1) is 0 Å². The van der Waals surface area contributed by atoms with Crippen molar-refractivity contribution in [2.75, 3.05) is 25.5 Å². The maximum atomic E-state index is 13.3. The van der Waals surface area contributed by atoms with Gasteiger partial charge >= 0.3 is 0 Å². The van der Waals surface area contributed by atoms with Crippen LogP contribution in [-0.2, 0) is 6.54 Å². The van der Waals surface area contributed by atoms with Crippen LogP contribution < -0.4 is 10.1 Å². The summed E-state index contributed by atoms with van der Waals surface area (Å²) in [4.78, 5) is 2.24. The van der Waals surface area contributed by atoms with Crippen LogP contribution in [0.25, 0.3) is 0 Å². The molecule has 1 atom stereocenters. The van der Waals surface area contributed by atoms with Crippen LogP contribution in [0.5, 0.6) is 11.5 Å². The van der Waals surface area contributed by atoms with Crippen molar-refractivity contribution in [3.8, 4) is 11.5 Å². The molecular formula is C19H22F2N2O2. The zero-order chi connectivity index (χ0) is 17.8. The van der Waals surface area contributed by atoms with E-state index in [2.05, 4.69) is 10.2 Å². The van der Waals surface area contributed by atoms with E-state index in [1.807, 2.05) is 12.1 Å². The first kappa shape index (κ1) is 17.5. The van der Waals surface area contributed by atoms with E-state index in [9.17, 15) is 13.9 Å². The highest BCUT2D eigenvalue weighted by molar-refractivity contribution is 5.44. The van der Waals surface area contributed by atoms with E-state index in [1.54, 1.807) is 19.2 Å². The lowest BCUT2D eigenvalue weighted by Crippen LogP contribution is -2.41. The van der Waals surface area contributed by atoms with Gasteiger partial charge in [0.05, 0.1) is 7.11 Å². The molecule has 4 nitrogen and oxygen atoms in total. The molecule has 2 N–H and O–H groups in total. The van der Waals surface area contributed by atoms with E-state index >= 15 is 0 Å². The highest BCUT2D eigenvalue weighted by Crippen LogP contribution is 2.26. The van der Waals surface area contributed by atoms with Gasteiger partial charge in [-0.05, 0) is 37.6 Å². The number of aromatic hydroxyl groups is 1. The predicted molar refractivity (Wildman–Crippen MR) is 92.9 cm³/mol. The van der Waals surface area contributed by atoms with Crippen molar-refractivity contribution in [2.45, 2.75) is 25.4 Å². The van der Waals surface area contributed by atoms with Gasteiger partial charge in [0.15, 0.2) is 11.6 Å². The quantitative estimate of drug-likeness (QED) is 0.864. The molecule has 1 heterocycles. The largest absolute Gasteiger partial charge is 0.507 e. The second kappa shape index (κ2) is 7.70. The Morgan fingerprint density at radius 3 is 2.76 bits per heavy atom. The average Bonchev–Trinajstić information content (AvgIpc) is 2.60. The first-order valence-electron chi connectivity index (χ1n) is 8.35. The van der Waals surface area contributed by atoms with Gasteiger partial charge in [-0.25, -0.2) is 8.78 Å². The lowest BCUT2D eigenvalue weighted by atomic mass is 10.0. The molecule has 1 saturated heterocycles. The Morgan fingerprint density at radius 2 is 2.04 bits per heavy atom. The molecule has 1 fully saturated rings. The molecule has 134 valence electrons.